The van der Waals surface area contributed by atoms with Crippen LogP contribution in [0.1, 0.15) is 28.8 Å². The third kappa shape index (κ3) is 4.99. The first-order valence-electron chi connectivity index (χ1n) is 11.5. The van der Waals surface area contributed by atoms with E-state index in [0.29, 0.717) is 35.1 Å². The van der Waals surface area contributed by atoms with Crippen LogP contribution in [0.5, 0.6) is 0 Å². The first-order valence-corrected chi connectivity index (χ1v) is 12.7. The number of nitrogens with one attached hydrogen (secondary N) is 1. The van der Waals surface area contributed by atoms with E-state index in [4.69, 9.17) is 11.6 Å². The Bertz CT molecular complexity index is 1440. The maximum Gasteiger partial charge on any atom is 0.416 e. The zero-order chi connectivity index (χ0) is 26.5. The molecule has 37 heavy (non-hydrogen) atoms. The van der Waals surface area contributed by atoms with Gasteiger partial charge in [0.05, 0.1) is 34.3 Å². The summed E-state index contributed by atoms with van der Waals surface area (Å²) in [5.41, 5.74) is 1.03. The Balaban J connectivity index is 1.44. The standard InChI is InChI=1S/C25H21ClF4N4O2S/c1-13-17-8-14(9-22-23(35)34(24(36)37-22)21-6-7-31-11-19(21)27)2-5-20(17)33(32-13)12-15-3-4-16(26)10-18(15)25(28,29)30/h2-5,8-10,19,21,31H,6-7,11-12H2,1H3. The van der Waals surface area contributed by atoms with Gasteiger partial charge in [0.1, 0.15) is 6.17 Å². The van der Waals surface area contributed by atoms with Gasteiger partial charge in [-0.1, -0.05) is 23.7 Å². The molecule has 3 aromatic rings. The van der Waals surface area contributed by atoms with Crippen molar-refractivity contribution in [1.82, 2.24) is 20.0 Å². The number of benzene rings is 2. The van der Waals surface area contributed by atoms with Crippen LogP contribution in [-0.2, 0) is 17.5 Å². The second-order valence-electron chi connectivity index (χ2n) is 8.95. The Morgan fingerprint density at radius 1 is 1.22 bits per heavy atom. The van der Waals surface area contributed by atoms with Crippen LogP contribution < -0.4 is 5.32 Å². The van der Waals surface area contributed by atoms with Crippen molar-refractivity contribution >= 4 is 51.5 Å². The number of carbonyl (C=O) groups excluding carboxylic acids is 2. The third-order valence-corrected chi connectivity index (χ3v) is 7.60. The highest BCUT2D eigenvalue weighted by Crippen LogP contribution is 2.37. The van der Waals surface area contributed by atoms with E-state index in [0.717, 1.165) is 22.7 Å². The molecule has 0 spiro atoms. The molecule has 1 aromatic heterocycles. The van der Waals surface area contributed by atoms with Gasteiger partial charge in [0.2, 0.25) is 0 Å². The van der Waals surface area contributed by atoms with Gasteiger partial charge in [-0.15, -0.1) is 0 Å². The van der Waals surface area contributed by atoms with Crippen molar-refractivity contribution in [3.8, 4) is 0 Å². The number of imide groups is 1. The molecule has 2 unspecified atom stereocenters. The lowest BCUT2D eigenvalue weighted by molar-refractivity contribution is -0.138. The molecule has 0 radical (unpaired) electrons. The first kappa shape index (κ1) is 25.7. The lowest BCUT2D eigenvalue weighted by Gasteiger charge is -2.32. The summed E-state index contributed by atoms with van der Waals surface area (Å²) in [4.78, 5) is 26.7. The van der Waals surface area contributed by atoms with Crippen LogP contribution in [0, 0.1) is 6.92 Å². The van der Waals surface area contributed by atoms with Crippen molar-refractivity contribution in [1.29, 1.82) is 0 Å². The van der Waals surface area contributed by atoms with Gasteiger partial charge in [0.25, 0.3) is 11.1 Å². The van der Waals surface area contributed by atoms with Gasteiger partial charge >= 0.3 is 6.18 Å². The SMILES string of the molecule is Cc1nn(Cc2ccc(Cl)cc2C(F)(F)F)c2ccc(C=C3SC(=O)N(C4CCNCC4F)C3=O)cc12. The number of amides is 2. The van der Waals surface area contributed by atoms with Crippen molar-refractivity contribution in [2.24, 2.45) is 0 Å². The van der Waals surface area contributed by atoms with Crippen molar-refractivity contribution in [2.75, 3.05) is 13.1 Å². The monoisotopic (exact) mass is 552 g/mol. The summed E-state index contributed by atoms with van der Waals surface area (Å²) in [5.74, 6) is -0.528. The quantitative estimate of drug-likeness (QED) is 0.327. The van der Waals surface area contributed by atoms with E-state index in [-0.39, 0.29) is 28.6 Å². The number of thioether (sulfide) groups is 1. The number of hydrogen-bond acceptors (Lipinski definition) is 5. The number of aryl methyl sites for hydroxylation is 1. The average molecular weight is 553 g/mol. The van der Waals surface area contributed by atoms with Crippen LogP contribution in [0.15, 0.2) is 41.3 Å². The summed E-state index contributed by atoms with van der Waals surface area (Å²) >= 11 is 6.56. The number of alkyl halides is 4. The number of rotatable bonds is 4. The van der Waals surface area contributed by atoms with Crippen LogP contribution in [0.2, 0.25) is 5.02 Å². The number of piperidine rings is 1. The van der Waals surface area contributed by atoms with E-state index < -0.39 is 35.1 Å². The van der Waals surface area contributed by atoms with E-state index in [1.807, 2.05) is 0 Å². The largest absolute Gasteiger partial charge is 0.416 e. The maximum absolute atomic E-state index is 14.4. The van der Waals surface area contributed by atoms with Crippen LogP contribution >= 0.6 is 23.4 Å². The number of aromatic nitrogens is 2. The number of fused-ring (bicyclic) bond motifs is 1. The lowest BCUT2D eigenvalue weighted by Crippen LogP contribution is -2.52. The topological polar surface area (TPSA) is 67.2 Å². The van der Waals surface area contributed by atoms with Gasteiger partial charge in [-0.05, 0) is 73.1 Å². The average Bonchev–Trinajstić information content (AvgIpc) is 3.29. The van der Waals surface area contributed by atoms with E-state index in [2.05, 4.69) is 10.4 Å². The summed E-state index contributed by atoms with van der Waals surface area (Å²) in [6.07, 6.45) is -3.98. The Labute approximate surface area is 218 Å². The smallest absolute Gasteiger partial charge is 0.314 e. The second kappa shape index (κ2) is 9.77. The molecule has 2 aliphatic heterocycles. The van der Waals surface area contributed by atoms with Gasteiger partial charge in [-0.3, -0.25) is 19.2 Å². The highest BCUT2D eigenvalue weighted by atomic mass is 35.5. The fraction of sp³-hybridized carbons (Fsp3) is 0.320. The Morgan fingerprint density at radius 3 is 2.73 bits per heavy atom. The number of halogens is 5. The predicted molar refractivity (Wildman–Crippen MR) is 134 cm³/mol. The molecule has 1 N–H and O–H groups in total. The molecule has 2 aromatic carbocycles. The van der Waals surface area contributed by atoms with E-state index in [1.54, 1.807) is 31.2 Å². The van der Waals surface area contributed by atoms with Gasteiger partial charge < -0.3 is 5.32 Å². The zero-order valence-electron chi connectivity index (χ0n) is 19.5. The number of hydrogen-bond donors (Lipinski definition) is 1. The number of carbonyl (C=O) groups is 2. The van der Waals surface area contributed by atoms with E-state index in [1.165, 1.54) is 16.8 Å². The Hall–Kier alpha value is -2.89. The molecule has 0 saturated carbocycles. The Kier molecular flexibility index (Phi) is 6.80. The van der Waals surface area contributed by atoms with Gasteiger partial charge in [-0.25, -0.2) is 4.39 Å². The van der Waals surface area contributed by atoms with Gasteiger partial charge in [-0.2, -0.15) is 18.3 Å². The minimum absolute atomic E-state index is 0.00572. The second-order valence-corrected chi connectivity index (χ2v) is 10.4. The van der Waals surface area contributed by atoms with Crippen LogP contribution in [0.4, 0.5) is 22.4 Å². The molecular formula is C25H21ClF4N4O2S. The Morgan fingerprint density at radius 2 is 2.00 bits per heavy atom. The summed E-state index contributed by atoms with van der Waals surface area (Å²) in [7, 11) is 0. The molecule has 5 rings (SSSR count). The van der Waals surface area contributed by atoms with Gasteiger partial charge in [0.15, 0.2) is 0 Å². The summed E-state index contributed by atoms with van der Waals surface area (Å²) in [5, 5.41) is 7.52. The highest BCUT2D eigenvalue weighted by Gasteiger charge is 2.43. The summed E-state index contributed by atoms with van der Waals surface area (Å²) in [6, 6.07) is 8.01. The third-order valence-electron chi connectivity index (χ3n) is 6.48. The van der Waals surface area contributed by atoms with Crippen molar-refractivity contribution in [2.45, 2.75) is 38.3 Å². The minimum Gasteiger partial charge on any atom is -0.314 e. The first-order chi connectivity index (χ1) is 17.5. The van der Waals surface area contributed by atoms with Crippen molar-refractivity contribution in [3.63, 3.8) is 0 Å². The molecule has 3 heterocycles. The molecule has 2 amide bonds. The molecule has 2 aliphatic rings. The van der Waals surface area contributed by atoms with Crippen LogP contribution in [-0.4, -0.2) is 51.1 Å². The van der Waals surface area contributed by atoms with Crippen LogP contribution in [0.3, 0.4) is 0 Å². The summed E-state index contributed by atoms with van der Waals surface area (Å²) < 4.78 is 56.5. The summed E-state index contributed by atoms with van der Waals surface area (Å²) in [6.45, 7) is 2.23. The fourth-order valence-electron chi connectivity index (χ4n) is 4.69. The maximum atomic E-state index is 14.4. The molecule has 194 valence electrons. The van der Waals surface area contributed by atoms with Crippen molar-refractivity contribution < 1.29 is 27.2 Å². The molecule has 0 bridgehead atoms. The minimum atomic E-state index is -4.56. The molecular weight excluding hydrogens is 532 g/mol. The fourth-order valence-corrected chi connectivity index (χ4v) is 5.75. The molecule has 6 nitrogen and oxygen atoms in total. The predicted octanol–water partition coefficient (Wildman–Crippen LogP) is 5.80. The highest BCUT2D eigenvalue weighted by molar-refractivity contribution is 8.18. The molecule has 12 heteroatoms. The van der Waals surface area contributed by atoms with Gasteiger partial charge in [0, 0.05) is 17.0 Å². The van der Waals surface area contributed by atoms with E-state index in [9.17, 15) is 27.2 Å². The normalized spacial score (nSPS) is 22.0. The molecule has 2 saturated heterocycles. The molecule has 2 atom stereocenters. The lowest BCUT2D eigenvalue weighted by atomic mass is 10.0. The van der Waals surface area contributed by atoms with E-state index >= 15 is 0 Å². The molecule has 0 aliphatic carbocycles. The molecule has 2 fully saturated rings. The zero-order valence-corrected chi connectivity index (χ0v) is 21.1. The number of nitrogens with zero attached hydrogens (tertiary/aromatic N) is 3. The van der Waals surface area contributed by atoms with Crippen LogP contribution in [0.25, 0.3) is 17.0 Å². The van der Waals surface area contributed by atoms with Crippen molar-refractivity contribution in [3.05, 3.63) is 68.7 Å².